The lowest BCUT2D eigenvalue weighted by Crippen LogP contribution is -2.19. The van der Waals surface area contributed by atoms with Gasteiger partial charge in [0.2, 0.25) is 6.08 Å². The molecule has 0 amide bonds. The largest absolute Gasteiger partial charge is 0.361 e. The first kappa shape index (κ1) is 11.5. The predicted molar refractivity (Wildman–Crippen MR) is 71.6 cm³/mol. The third-order valence-corrected chi connectivity index (χ3v) is 4.15. The molecular formula is C14H13ClN2O. The number of aromatic nitrogens is 1. The monoisotopic (exact) mass is 260 g/mol. The van der Waals surface area contributed by atoms with Crippen LogP contribution in [0.4, 0.5) is 0 Å². The molecule has 18 heavy (non-hydrogen) atoms. The molecule has 0 atom stereocenters. The summed E-state index contributed by atoms with van der Waals surface area (Å²) in [6, 6.07) is 5.93. The second-order valence-electron chi connectivity index (χ2n) is 4.84. The number of rotatable bonds is 2. The molecule has 2 aromatic rings. The normalized spacial score (nSPS) is 17.8. The highest BCUT2D eigenvalue weighted by Crippen LogP contribution is 2.45. The van der Waals surface area contributed by atoms with Gasteiger partial charge in [-0.05, 0) is 31.0 Å². The number of fused-ring (bicyclic) bond motifs is 1. The van der Waals surface area contributed by atoms with Gasteiger partial charge in [-0.3, -0.25) is 0 Å². The van der Waals surface area contributed by atoms with E-state index in [2.05, 4.69) is 9.98 Å². The maximum Gasteiger partial charge on any atom is 0.235 e. The highest BCUT2D eigenvalue weighted by Gasteiger charge is 2.37. The molecule has 3 rings (SSSR count). The number of nitrogens with zero attached hydrogens (tertiary/aromatic N) is 1. The molecule has 1 fully saturated rings. The topological polar surface area (TPSA) is 45.2 Å². The van der Waals surface area contributed by atoms with Gasteiger partial charge in [0.1, 0.15) is 0 Å². The molecule has 0 unspecified atom stereocenters. The van der Waals surface area contributed by atoms with Gasteiger partial charge in [0.05, 0.1) is 5.54 Å². The molecule has 0 aliphatic heterocycles. The number of benzene rings is 1. The summed E-state index contributed by atoms with van der Waals surface area (Å²) in [7, 11) is 0. The first-order chi connectivity index (χ1) is 8.75. The quantitative estimate of drug-likeness (QED) is 0.645. The number of carbonyl (C=O) groups excluding carboxylic acids is 1. The number of halogens is 1. The molecule has 1 saturated carbocycles. The Kier molecular flexibility index (Phi) is 2.73. The fraction of sp³-hybridized carbons (Fsp3) is 0.357. The van der Waals surface area contributed by atoms with Gasteiger partial charge in [-0.2, -0.15) is 4.99 Å². The molecule has 0 radical (unpaired) electrons. The van der Waals surface area contributed by atoms with Crippen LogP contribution in [0.15, 0.2) is 29.4 Å². The Labute approximate surface area is 110 Å². The summed E-state index contributed by atoms with van der Waals surface area (Å²) in [4.78, 5) is 18.0. The molecule has 0 bridgehead atoms. The van der Waals surface area contributed by atoms with E-state index in [4.69, 9.17) is 11.6 Å². The molecular weight excluding hydrogens is 248 g/mol. The average Bonchev–Trinajstić information content (AvgIpc) is 2.97. The summed E-state index contributed by atoms with van der Waals surface area (Å²) in [5, 5.41) is 1.76. The second-order valence-corrected chi connectivity index (χ2v) is 5.25. The lowest BCUT2D eigenvalue weighted by Gasteiger charge is -2.24. The van der Waals surface area contributed by atoms with Gasteiger partial charge in [0.15, 0.2) is 0 Å². The summed E-state index contributed by atoms with van der Waals surface area (Å²) in [5.41, 5.74) is 1.51. The molecule has 1 aliphatic carbocycles. The molecule has 0 saturated heterocycles. The lowest BCUT2D eigenvalue weighted by molar-refractivity contribution is 0.456. The van der Waals surface area contributed by atoms with Crippen LogP contribution in [0.3, 0.4) is 0 Å². The van der Waals surface area contributed by atoms with Crippen molar-refractivity contribution in [2.24, 2.45) is 4.99 Å². The van der Waals surface area contributed by atoms with Crippen LogP contribution in [0.5, 0.6) is 0 Å². The van der Waals surface area contributed by atoms with E-state index in [1.807, 2.05) is 24.4 Å². The number of hydrogen-bond donors (Lipinski definition) is 1. The molecule has 1 aromatic heterocycles. The van der Waals surface area contributed by atoms with Crippen molar-refractivity contribution >= 4 is 28.6 Å². The van der Waals surface area contributed by atoms with Gasteiger partial charge in [-0.15, -0.1) is 0 Å². The molecule has 3 nitrogen and oxygen atoms in total. The highest BCUT2D eigenvalue weighted by atomic mass is 35.5. The van der Waals surface area contributed by atoms with Crippen molar-refractivity contribution < 1.29 is 4.79 Å². The summed E-state index contributed by atoms with van der Waals surface area (Å²) < 4.78 is 0. The third kappa shape index (κ3) is 1.67. The van der Waals surface area contributed by atoms with Gasteiger partial charge >= 0.3 is 0 Å². The Morgan fingerprint density at radius 2 is 2.11 bits per heavy atom. The Morgan fingerprint density at radius 1 is 1.33 bits per heavy atom. The predicted octanol–water partition coefficient (Wildman–Crippen LogP) is 3.93. The standard InChI is InChI=1S/C14H13ClN2O/c15-12-7-10-3-6-16-13(10)8-11(12)14(17-9-18)4-1-2-5-14/h3,6-8,16H,1-2,4-5H2. The third-order valence-electron chi connectivity index (χ3n) is 3.83. The van der Waals surface area contributed by atoms with Crippen molar-refractivity contribution in [3.05, 3.63) is 35.0 Å². The maximum atomic E-state index is 10.7. The van der Waals surface area contributed by atoms with Crippen molar-refractivity contribution in [2.75, 3.05) is 0 Å². The average molecular weight is 261 g/mol. The second kappa shape index (κ2) is 4.27. The molecule has 0 spiro atoms. The van der Waals surface area contributed by atoms with E-state index in [1.165, 1.54) is 0 Å². The summed E-state index contributed by atoms with van der Waals surface area (Å²) in [5.74, 6) is 0. The number of isocyanates is 1. The molecule has 1 N–H and O–H groups in total. The zero-order valence-electron chi connectivity index (χ0n) is 9.87. The van der Waals surface area contributed by atoms with Crippen LogP contribution in [-0.4, -0.2) is 11.1 Å². The first-order valence-corrected chi connectivity index (χ1v) is 6.49. The van der Waals surface area contributed by atoms with E-state index in [-0.39, 0.29) is 0 Å². The molecule has 92 valence electrons. The molecule has 4 heteroatoms. The fourth-order valence-corrected chi connectivity index (χ4v) is 3.27. The van der Waals surface area contributed by atoms with E-state index in [1.54, 1.807) is 6.08 Å². The number of nitrogens with one attached hydrogen (secondary N) is 1. The van der Waals surface area contributed by atoms with Crippen LogP contribution in [0.1, 0.15) is 31.2 Å². The number of aromatic amines is 1. The van der Waals surface area contributed by atoms with Crippen molar-refractivity contribution in [1.29, 1.82) is 0 Å². The van der Waals surface area contributed by atoms with Gasteiger partial charge in [-0.25, -0.2) is 4.79 Å². The maximum absolute atomic E-state index is 10.7. The van der Waals surface area contributed by atoms with Crippen LogP contribution in [0.2, 0.25) is 5.02 Å². The minimum absolute atomic E-state index is 0.460. The lowest BCUT2D eigenvalue weighted by atomic mass is 9.88. The van der Waals surface area contributed by atoms with Crippen LogP contribution in [0, 0.1) is 0 Å². The summed E-state index contributed by atoms with van der Waals surface area (Å²) in [6.07, 6.45) is 7.49. The molecule has 1 aromatic carbocycles. The van der Waals surface area contributed by atoms with Crippen LogP contribution in [-0.2, 0) is 10.3 Å². The smallest absolute Gasteiger partial charge is 0.235 e. The zero-order chi connectivity index (χ0) is 12.6. The van der Waals surface area contributed by atoms with Gasteiger partial charge in [0, 0.05) is 27.7 Å². The van der Waals surface area contributed by atoms with E-state index >= 15 is 0 Å². The Hall–Kier alpha value is -1.57. The first-order valence-electron chi connectivity index (χ1n) is 6.11. The van der Waals surface area contributed by atoms with Crippen LogP contribution >= 0.6 is 11.6 Å². The molecule has 1 heterocycles. The Bertz CT molecular complexity index is 634. The van der Waals surface area contributed by atoms with Crippen LogP contribution in [0.25, 0.3) is 10.9 Å². The number of H-pyrrole nitrogens is 1. The van der Waals surface area contributed by atoms with Crippen molar-refractivity contribution in [3.63, 3.8) is 0 Å². The summed E-state index contributed by atoms with van der Waals surface area (Å²) in [6.45, 7) is 0. The van der Waals surface area contributed by atoms with E-state index in [0.717, 1.165) is 42.1 Å². The Balaban J connectivity index is 2.22. The number of aliphatic imine (C=N–C) groups is 1. The minimum atomic E-state index is -0.460. The van der Waals surface area contributed by atoms with Crippen molar-refractivity contribution in [3.8, 4) is 0 Å². The van der Waals surface area contributed by atoms with E-state index in [9.17, 15) is 4.79 Å². The van der Waals surface area contributed by atoms with Gasteiger partial charge < -0.3 is 4.98 Å². The summed E-state index contributed by atoms with van der Waals surface area (Å²) >= 11 is 6.36. The van der Waals surface area contributed by atoms with Gasteiger partial charge in [-0.1, -0.05) is 24.4 Å². The fourth-order valence-electron chi connectivity index (χ4n) is 2.92. The Morgan fingerprint density at radius 3 is 2.83 bits per heavy atom. The van der Waals surface area contributed by atoms with Crippen LogP contribution < -0.4 is 0 Å². The van der Waals surface area contributed by atoms with Crippen molar-refractivity contribution in [1.82, 2.24) is 4.98 Å². The van der Waals surface area contributed by atoms with E-state index in [0.29, 0.717) is 5.02 Å². The van der Waals surface area contributed by atoms with Crippen molar-refractivity contribution in [2.45, 2.75) is 31.2 Å². The van der Waals surface area contributed by atoms with Gasteiger partial charge in [0.25, 0.3) is 0 Å². The highest BCUT2D eigenvalue weighted by molar-refractivity contribution is 6.32. The zero-order valence-corrected chi connectivity index (χ0v) is 10.6. The molecule has 1 aliphatic rings. The number of hydrogen-bond acceptors (Lipinski definition) is 2. The van der Waals surface area contributed by atoms with E-state index < -0.39 is 5.54 Å². The minimum Gasteiger partial charge on any atom is -0.361 e. The SMILES string of the molecule is O=C=NC1(c2cc3[nH]ccc3cc2Cl)CCCC1.